The number of azo groups is 1. The fourth-order valence-electron chi connectivity index (χ4n) is 2.92. The average Bonchev–Trinajstić information content (AvgIpc) is 3.06. The summed E-state index contributed by atoms with van der Waals surface area (Å²) in [5, 5.41) is 21.4. The Morgan fingerprint density at radius 1 is 1.12 bits per heavy atom. The zero-order valence-corrected chi connectivity index (χ0v) is 15.9. The van der Waals surface area contributed by atoms with E-state index < -0.39 is 0 Å². The Bertz CT molecular complexity index is 738. The van der Waals surface area contributed by atoms with Crippen LogP contribution in [0, 0.1) is 27.7 Å². The van der Waals surface area contributed by atoms with Crippen molar-refractivity contribution < 1.29 is 10.1 Å². The molecule has 1 aromatic carbocycles. The summed E-state index contributed by atoms with van der Waals surface area (Å²) in [4.78, 5) is 6.32. The van der Waals surface area contributed by atoms with Crippen molar-refractivity contribution in [2.24, 2.45) is 10.2 Å². The van der Waals surface area contributed by atoms with E-state index in [0.717, 1.165) is 23.4 Å². The number of aromatic nitrogens is 2. The Balaban J connectivity index is 2.35. The van der Waals surface area contributed by atoms with Gasteiger partial charge in [-0.25, -0.2) is 4.89 Å². The van der Waals surface area contributed by atoms with Crippen molar-refractivity contribution in [2.75, 3.05) is 25.1 Å². The minimum Gasteiger partial charge on any atom is -0.374 e. The van der Waals surface area contributed by atoms with E-state index in [1.165, 1.54) is 16.8 Å². The number of benzene rings is 1. The summed E-state index contributed by atoms with van der Waals surface area (Å²) in [7, 11) is 2.11. The molecule has 0 aliphatic rings. The van der Waals surface area contributed by atoms with E-state index >= 15 is 0 Å². The lowest BCUT2D eigenvalue weighted by Crippen LogP contribution is -2.19. The molecule has 25 heavy (non-hydrogen) atoms. The highest BCUT2D eigenvalue weighted by Gasteiger charge is 2.16. The first-order valence-corrected chi connectivity index (χ1v) is 8.43. The van der Waals surface area contributed by atoms with Gasteiger partial charge in [0.1, 0.15) is 6.61 Å². The molecular weight excluding hydrogens is 318 g/mol. The van der Waals surface area contributed by atoms with Crippen molar-refractivity contribution in [3.63, 3.8) is 0 Å². The van der Waals surface area contributed by atoms with E-state index in [2.05, 4.69) is 66.8 Å². The predicted octanol–water partition coefficient (Wildman–Crippen LogP) is 4.48. The van der Waals surface area contributed by atoms with Crippen LogP contribution in [0.4, 0.5) is 17.2 Å². The summed E-state index contributed by atoms with van der Waals surface area (Å²) in [5.41, 5.74) is 6.89. The molecule has 0 unspecified atom stereocenters. The molecule has 2 aromatic rings. The maximum Gasteiger partial charge on any atom is 0.195 e. The van der Waals surface area contributed by atoms with Crippen LogP contribution in [0.3, 0.4) is 0 Å². The predicted molar refractivity (Wildman–Crippen MR) is 99.3 cm³/mol. The van der Waals surface area contributed by atoms with Crippen LogP contribution in [0.15, 0.2) is 22.5 Å². The molecule has 0 atom stereocenters. The van der Waals surface area contributed by atoms with Crippen LogP contribution >= 0.6 is 0 Å². The van der Waals surface area contributed by atoms with Gasteiger partial charge in [0.15, 0.2) is 5.82 Å². The molecule has 1 heterocycles. The molecule has 0 radical (unpaired) electrons. The first kappa shape index (κ1) is 19.1. The van der Waals surface area contributed by atoms with E-state index in [-0.39, 0.29) is 6.61 Å². The Hall–Kier alpha value is -2.25. The molecule has 0 fully saturated rings. The van der Waals surface area contributed by atoms with E-state index in [1.807, 2.05) is 0 Å². The van der Waals surface area contributed by atoms with Gasteiger partial charge in [0.2, 0.25) is 0 Å². The topological polar surface area (TPSA) is 75.2 Å². The van der Waals surface area contributed by atoms with Gasteiger partial charge in [-0.3, -0.25) is 9.94 Å². The number of nitrogens with zero attached hydrogens (tertiary/aromatic N) is 5. The van der Waals surface area contributed by atoms with Crippen molar-refractivity contribution in [3.05, 3.63) is 34.5 Å². The van der Waals surface area contributed by atoms with Gasteiger partial charge in [0, 0.05) is 31.5 Å². The monoisotopic (exact) mass is 345 g/mol. The van der Waals surface area contributed by atoms with Gasteiger partial charge in [0.05, 0.1) is 12.2 Å². The summed E-state index contributed by atoms with van der Waals surface area (Å²) in [5.74, 6) is 0.529. The standard InChI is InChI=1S/C18H27N5O2/c1-7-22(6)18-14(4)12(2)17(13(3)15(18)5)20-19-16-8-9-23(21-16)10-11-25-24/h8-9,24H,7,10-11H2,1-6H3. The fraction of sp³-hybridized carbons (Fsp3) is 0.500. The van der Waals surface area contributed by atoms with E-state index in [4.69, 9.17) is 5.26 Å². The smallest absolute Gasteiger partial charge is 0.195 e. The van der Waals surface area contributed by atoms with Gasteiger partial charge in [-0.2, -0.15) is 5.10 Å². The number of rotatable bonds is 7. The van der Waals surface area contributed by atoms with Crippen molar-refractivity contribution in [1.29, 1.82) is 0 Å². The maximum absolute atomic E-state index is 8.39. The molecule has 7 nitrogen and oxygen atoms in total. The lowest BCUT2D eigenvalue weighted by atomic mass is 9.95. The van der Waals surface area contributed by atoms with Gasteiger partial charge in [-0.1, -0.05) is 0 Å². The summed E-state index contributed by atoms with van der Waals surface area (Å²) in [6, 6.07) is 1.78. The minimum atomic E-state index is 0.182. The highest BCUT2D eigenvalue weighted by Crippen LogP contribution is 2.38. The molecule has 0 amide bonds. The third-order valence-electron chi connectivity index (χ3n) is 4.69. The third kappa shape index (κ3) is 4.05. The highest BCUT2D eigenvalue weighted by atomic mass is 17.1. The first-order chi connectivity index (χ1) is 11.9. The fourth-order valence-corrected chi connectivity index (χ4v) is 2.92. The third-order valence-corrected chi connectivity index (χ3v) is 4.69. The summed E-state index contributed by atoms with van der Waals surface area (Å²) in [6.07, 6.45) is 1.78. The van der Waals surface area contributed by atoms with Gasteiger partial charge in [0.25, 0.3) is 0 Å². The number of hydrogen-bond donors (Lipinski definition) is 1. The molecule has 0 aliphatic carbocycles. The molecule has 0 aliphatic heterocycles. The average molecular weight is 345 g/mol. The Kier molecular flexibility index (Phi) is 6.27. The Morgan fingerprint density at radius 2 is 1.76 bits per heavy atom. The second-order valence-electron chi connectivity index (χ2n) is 6.18. The Labute approximate surface area is 148 Å². The molecule has 0 saturated heterocycles. The van der Waals surface area contributed by atoms with Crippen LogP contribution in [-0.2, 0) is 11.4 Å². The number of hydrogen-bond acceptors (Lipinski definition) is 6. The van der Waals surface area contributed by atoms with Gasteiger partial charge < -0.3 is 4.90 Å². The molecule has 0 bridgehead atoms. The molecular formula is C18H27N5O2. The quantitative estimate of drug-likeness (QED) is 0.456. The van der Waals surface area contributed by atoms with Crippen LogP contribution < -0.4 is 4.90 Å². The van der Waals surface area contributed by atoms with Crippen LogP contribution in [0.5, 0.6) is 0 Å². The van der Waals surface area contributed by atoms with Crippen molar-refractivity contribution in [1.82, 2.24) is 9.78 Å². The van der Waals surface area contributed by atoms with Crippen molar-refractivity contribution in [2.45, 2.75) is 41.2 Å². The van der Waals surface area contributed by atoms with Crippen LogP contribution in [0.2, 0.25) is 0 Å². The molecule has 2 rings (SSSR count). The molecule has 1 aromatic heterocycles. The first-order valence-electron chi connectivity index (χ1n) is 8.43. The van der Waals surface area contributed by atoms with E-state index in [1.54, 1.807) is 16.9 Å². The van der Waals surface area contributed by atoms with Crippen LogP contribution in [0.25, 0.3) is 0 Å². The Morgan fingerprint density at radius 3 is 2.32 bits per heavy atom. The van der Waals surface area contributed by atoms with Crippen LogP contribution in [-0.4, -0.2) is 35.2 Å². The lowest BCUT2D eigenvalue weighted by Gasteiger charge is -2.25. The molecule has 136 valence electrons. The molecule has 0 saturated carbocycles. The second-order valence-corrected chi connectivity index (χ2v) is 6.18. The molecule has 0 spiro atoms. The van der Waals surface area contributed by atoms with Gasteiger partial charge in [-0.15, -0.1) is 10.2 Å². The van der Waals surface area contributed by atoms with E-state index in [9.17, 15) is 0 Å². The zero-order valence-electron chi connectivity index (χ0n) is 15.9. The van der Waals surface area contributed by atoms with E-state index in [0.29, 0.717) is 12.4 Å². The van der Waals surface area contributed by atoms with Gasteiger partial charge >= 0.3 is 0 Å². The number of anilines is 1. The summed E-state index contributed by atoms with van der Waals surface area (Å²) in [6.45, 7) is 12.2. The highest BCUT2D eigenvalue weighted by molar-refractivity contribution is 5.72. The van der Waals surface area contributed by atoms with Crippen molar-refractivity contribution in [3.8, 4) is 0 Å². The molecule has 1 N–H and O–H groups in total. The summed E-state index contributed by atoms with van der Waals surface area (Å²) >= 11 is 0. The summed E-state index contributed by atoms with van der Waals surface area (Å²) < 4.78 is 1.65. The lowest BCUT2D eigenvalue weighted by molar-refractivity contribution is -0.244. The normalized spacial score (nSPS) is 11.5. The largest absolute Gasteiger partial charge is 0.374 e. The van der Waals surface area contributed by atoms with Crippen molar-refractivity contribution >= 4 is 17.2 Å². The minimum absolute atomic E-state index is 0.182. The second kappa shape index (κ2) is 8.22. The SMILES string of the molecule is CCN(C)c1c(C)c(C)c(N=Nc2ccn(CCOO)n2)c(C)c1C. The molecule has 7 heteroatoms. The van der Waals surface area contributed by atoms with Gasteiger partial charge in [-0.05, 0) is 56.9 Å². The van der Waals surface area contributed by atoms with Crippen LogP contribution in [0.1, 0.15) is 29.2 Å². The zero-order chi connectivity index (χ0) is 18.6. The maximum atomic E-state index is 8.39.